The van der Waals surface area contributed by atoms with Gasteiger partial charge in [-0.05, 0) is 46.8 Å². The maximum absolute atomic E-state index is 10.3. The Bertz CT molecular complexity index is 210. The van der Waals surface area contributed by atoms with E-state index in [4.69, 9.17) is 5.11 Å². The first-order chi connectivity index (χ1) is 7.93. The van der Waals surface area contributed by atoms with Crippen molar-refractivity contribution >= 4 is 5.97 Å². The number of aliphatic carboxylic acids is 1. The quantitative estimate of drug-likeness (QED) is 0.490. The van der Waals surface area contributed by atoms with Gasteiger partial charge in [0.05, 0.1) is 12.5 Å². The first kappa shape index (κ1) is 16.4. The molecule has 0 saturated carbocycles. The molecule has 0 saturated heterocycles. The van der Waals surface area contributed by atoms with Crippen molar-refractivity contribution in [3.8, 4) is 0 Å². The van der Waals surface area contributed by atoms with Crippen LogP contribution >= 0.6 is 0 Å². The number of aliphatic hydroxyl groups excluding tert-OH is 1. The number of nitrogens with one attached hydrogen (secondary N) is 1. The number of aliphatic hydroxyl groups is 1. The molecule has 3 N–H and O–H groups in total. The van der Waals surface area contributed by atoms with Crippen LogP contribution in [0.2, 0.25) is 0 Å². The monoisotopic (exact) mass is 246 g/mol. The summed E-state index contributed by atoms with van der Waals surface area (Å²) in [5.74, 6) is -0.960. The first-order valence-electron chi connectivity index (χ1n) is 6.24. The summed E-state index contributed by atoms with van der Waals surface area (Å²) in [4.78, 5) is 12.6. The summed E-state index contributed by atoms with van der Waals surface area (Å²) in [5, 5.41) is 20.8. The van der Waals surface area contributed by atoms with E-state index in [0.717, 1.165) is 25.9 Å². The van der Waals surface area contributed by atoms with Crippen LogP contribution in [0.4, 0.5) is 0 Å². The van der Waals surface area contributed by atoms with Crippen molar-refractivity contribution in [1.82, 2.24) is 10.2 Å². The van der Waals surface area contributed by atoms with Gasteiger partial charge in [0, 0.05) is 12.6 Å². The highest BCUT2D eigenvalue weighted by Crippen LogP contribution is 1.97. The lowest BCUT2D eigenvalue weighted by molar-refractivity contribution is -0.139. The standard InChI is InChI=1S/C12H26N2O3/c1-10(2)14(3)7-5-4-6-13-9-11(15)8-12(16)17/h10-11,13,15H,4-9H2,1-3H3,(H,16,17). The third-order valence-electron chi connectivity index (χ3n) is 2.79. The molecule has 0 aliphatic heterocycles. The molecule has 17 heavy (non-hydrogen) atoms. The Hall–Kier alpha value is -0.650. The van der Waals surface area contributed by atoms with E-state index in [1.165, 1.54) is 0 Å². The van der Waals surface area contributed by atoms with E-state index >= 15 is 0 Å². The summed E-state index contributed by atoms with van der Waals surface area (Å²) in [6, 6.07) is 0.570. The molecule has 5 heteroatoms. The number of unbranched alkanes of at least 4 members (excludes halogenated alkanes) is 1. The molecule has 0 spiro atoms. The molecule has 0 amide bonds. The lowest BCUT2D eigenvalue weighted by atomic mass is 10.2. The molecule has 0 aromatic rings. The number of hydrogen-bond acceptors (Lipinski definition) is 4. The Morgan fingerprint density at radius 3 is 2.53 bits per heavy atom. The Labute approximate surface area is 104 Å². The molecular weight excluding hydrogens is 220 g/mol. The van der Waals surface area contributed by atoms with E-state index in [-0.39, 0.29) is 6.42 Å². The predicted molar refractivity (Wildman–Crippen MR) is 68.1 cm³/mol. The summed E-state index contributed by atoms with van der Waals surface area (Å²) in [6.07, 6.45) is 1.17. The zero-order valence-corrected chi connectivity index (χ0v) is 11.1. The van der Waals surface area contributed by atoms with Crippen molar-refractivity contribution in [3.05, 3.63) is 0 Å². The van der Waals surface area contributed by atoms with E-state index in [1.54, 1.807) is 0 Å². The molecule has 5 nitrogen and oxygen atoms in total. The second-order valence-corrected chi connectivity index (χ2v) is 4.74. The molecule has 0 heterocycles. The van der Waals surface area contributed by atoms with E-state index in [9.17, 15) is 9.90 Å². The van der Waals surface area contributed by atoms with Crippen LogP contribution in [0.15, 0.2) is 0 Å². The van der Waals surface area contributed by atoms with Crippen molar-refractivity contribution in [2.45, 2.75) is 45.3 Å². The Kier molecular flexibility index (Phi) is 9.03. The van der Waals surface area contributed by atoms with Gasteiger partial charge in [0.25, 0.3) is 0 Å². The average Bonchev–Trinajstić information content (AvgIpc) is 2.21. The average molecular weight is 246 g/mol. The van der Waals surface area contributed by atoms with E-state index in [2.05, 4.69) is 31.1 Å². The molecule has 0 fully saturated rings. The number of rotatable bonds is 10. The number of nitrogens with zero attached hydrogens (tertiary/aromatic N) is 1. The van der Waals surface area contributed by atoms with Crippen LogP contribution in [-0.2, 0) is 4.79 Å². The summed E-state index contributed by atoms with van der Waals surface area (Å²) in [6.45, 7) is 6.58. The van der Waals surface area contributed by atoms with Gasteiger partial charge in [0.1, 0.15) is 0 Å². The highest BCUT2D eigenvalue weighted by Gasteiger charge is 2.08. The highest BCUT2D eigenvalue weighted by molar-refractivity contribution is 5.67. The van der Waals surface area contributed by atoms with Crippen LogP contribution in [0, 0.1) is 0 Å². The summed E-state index contributed by atoms with van der Waals surface area (Å²) in [7, 11) is 2.11. The molecule has 1 unspecified atom stereocenters. The highest BCUT2D eigenvalue weighted by atomic mass is 16.4. The second-order valence-electron chi connectivity index (χ2n) is 4.74. The van der Waals surface area contributed by atoms with Gasteiger partial charge in [-0.25, -0.2) is 0 Å². The van der Waals surface area contributed by atoms with E-state index < -0.39 is 12.1 Å². The SMILES string of the molecule is CC(C)N(C)CCCCNCC(O)CC(=O)O. The predicted octanol–water partition coefficient (Wildman–Crippen LogP) is 0.532. The van der Waals surface area contributed by atoms with Crippen LogP contribution in [0.25, 0.3) is 0 Å². The Balaban J connectivity index is 3.32. The van der Waals surface area contributed by atoms with Gasteiger partial charge in [0.2, 0.25) is 0 Å². The van der Waals surface area contributed by atoms with Crippen LogP contribution in [0.5, 0.6) is 0 Å². The van der Waals surface area contributed by atoms with E-state index in [1.807, 2.05) is 0 Å². The fourth-order valence-electron chi connectivity index (χ4n) is 1.41. The third kappa shape index (κ3) is 10.2. The normalized spacial score (nSPS) is 13.3. The van der Waals surface area contributed by atoms with Gasteiger partial charge < -0.3 is 20.4 Å². The lowest BCUT2D eigenvalue weighted by Gasteiger charge is -2.20. The summed E-state index contributed by atoms with van der Waals surface area (Å²) < 4.78 is 0. The maximum atomic E-state index is 10.3. The molecule has 0 bridgehead atoms. The largest absolute Gasteiger partial charge is 0.481 e. The minimum atomic E-state index is -0.960. The van der Waals surface area contributed by atoms with Gasteiger partial charge in [0.15, 0.2) is 0 Å². The van der Waals surface area contributed by atoms with Crippen molar-refractivity contribution in [3.63, 3.8) is 0 Å². The number of carboxylic acid groups (broad SMARTS) is 1. The molecule has 0 radical (unpaired) electrons. The molecule has 1 atom stereocenters. The first-order valence-corrected chi connectivity index (χ1v) is 6.24. The van der Waals surface area contributed by atoms with Gasteiger partial charge in [-0.2, -0.15) is 0 Å². The molecule has 0 rings (SSSR count). The maximum Gasteiger partial charge on any atom is 0.306 e. The molecule has 0 aliphatic rings. The number of carbonyl (C=O) groups is 1. The van der Waals surface area contributed by atoms with Gasteiger partial charge in [-0.15, -0.1) is 0 Å². The van der Waals surface area contributed by atoms with Gasteiger partial charge in [-0.3, -0.25) is 4.79 Å². The zero-order chi connectivity index (χ0) is 13.3. The molecule has 0 aromatic heterocycles. The Morgan fingerprint density at radius 2 is 2.00 bits per heavy atom. The summed E-state index contributed by atoms with van der Waals surface area (Å²) >= 11 is 0. The second kappa shape index (κ2) is 9.39. The van der Waals surface area contributed by atoms with Crippen molar-refractivity contribution < 1.29 is 15.0 Å². The molecular formula is C12H26N2O3. The van der Waals surface area contributed by atoms with E-state index in [0.29, 0.717) is 12.6 Å². The lowest BCUT2D eigenvalue weighted by Crippen LogP contribution is -2.30. The van der Waals surface area contributed by atoms with Crippen molar-refractivity contribution in [1.29, 1.82) is 0 Å². The third-order valence-corrected chi connectivity index (χ3v) is 2.79. The fourth-order valence-corrected chi connectivity index (χ4v) is 1.41. The van der Waals surface area contributed by atoms with Gasteiger partial charge >= 0.3 is 5.97 Å². The molecule has 0 aliphatic carbocycles. The number of hydrogen-bond donors (Lipinski definition) is 3. The van der Waals surface area contributed by atoms with Gasteiger partial charge in [-0.1, -0.05) is 0 Å². The van der Waals surface area contributed by atoms with Crippen LogP contribution in [0.3, 0.4) is 0 Å². The number of carboxylic acids is 1. The fraction of sp³-hybridized carbons (Fsp3) is 0.917. The van der Waals surface area contributed by atoms with Crippen molar-refractivity contribution in [2.75, 3.05) is 26.7 Å². The van der Waals surface area contributed by atoms with Crippen LogP contribution in [0.1, 0.15) is 33.1 Å². The minimum Gasteiger partial charge on any atom is -0.481 e. The zero-order valence-electron chi connectivity index (χ0n) is 11.1. The summed E-state index contributed by atoms with van der Waals surface area (Å²) in [5.41, 5.74) is 0. The molecule has 0 aromatic carbocycles. The smallest absolute Gasteiger partial charge is 0.306 e. The van der Waals surface area contributed by atoms with Crippen LogP contribution in [-0.4, -0.2) is 59.9 Å². The topological polar surface area (TPSA) is 72.8 Å². The molecule has 102 valence electrons. The van der Waals surface area contributed by atoms with Crippen LogP contribution < -0.4 is 5.32 Å². The Morgan fingerprint density at radius 1 is 1.35 bits per heavy atom. The van der Waals surface area contributed by atoms with Crippen molar-refractivity contribution in [2.24, 2.45) is 0 Å². The minimum absolute atomic E-state index is 0.191.